The van der Waals surface area contributed by atoms with Gasteiger partial charge in [-0.25, -0.2) is 4.39 Å². The maximum absolute atomic E-state index is 14.4. The first-order valence-corrected chi connectivity index (χ1v) is 10.9. The van der Waals surface area contributed by atoms with Crippen LogP contribution in [0, 0.1) is 5.82 Å². The Morgan fingerprint density at radius 3 is 2.11 bits per heavy atom. The number of carbonyl (C=O) groups excluding carboxylic acids is 2. The molecule has 1 N–H and O–H groups in total. The highest BCUT2D eigenvalue weighted by Gasteiger charge is 2.60. The largest absolute Gasteiger partial charge is 0.416 e. The van der Waals surface area contributed by atoms with Gasteiger partial charge in [0.25, 0.3) is 0 Å². The number of anilines is 1. The van der Waals surface area contributed by atoms with Crippen LogP contribution >= 0.6 is 0 Å². The van der Waals surface area contributed by atoms with Crippen molar-refractivity contribution in [1.29, 1.82) is 0 Å². The van der Waals surface area contributed by atoms with E-state index in [1.807, 2.05) is 0 Å². The number of amides is 2. The Hall–Kier alpha value is -3.89. The van der Waals surface area contributed by atoms with Crippen LogP contribution in [0.5, 0.6) is 0 Å². The van der Waals surface area contributed by atoms with Crippen molar-refractivity contribution in [3.8, 4) is 0 Å². The summed E-state index contributed by atoms with van der Waals surface area (Å²) >= 11 is 0. The molecule has 0 aliphatic carbocycles. The molecule has 11 heteroatoms. The molecule has 1 heterocycles. The van der Waals surface area contributed by atoms with Crippen molar-refractivity contribution < 1.29 is 40.3 Å². The van der Waals surface area contributed by atoms with Crippen LogP contribution in [0.15, 0.2) is 72.8 Å². The van der Waals surface area contributed by atoms with Crippen LogP contribution in [0.3, 0.4) is 0 Å². The summed E-state index contributed by atoms with van der Waals surface area (Å²) in [5.74, 6) is -4.32. The van der Waals surface area contributed by atoms with Crippen molar-refractivity contribution >= 4 is 17.5 Å². The highest BCUT2D eigenvalue weighted by molar-refractivity contribution is 6.18. The van der Waals surface area contributed by atoms with Gasteiger partial charge in [-0.05, 0) is 35.4 Å². The van der Waals surface area contributed by atoms with Crippen LogP contribution in [0.4, 0.5) is 36.4 Å². The van der Waals surface area contributed by atoms with Crippen molar-refractivity contribution in [2.75, 3.05) is 18.9 Å². The number of benzene rings is 3. The predicted molar refractivity (Wildman–Crippen MR) is 120 cm³/mol. The summed E-state index contributed by atoms with van der Waals surface area (Å²) in [6, 6.07) is 12.4. The third-order valence-electron chi connectivity index (χ3n) is 6.40. The van der Waals surface area contributed by atoms with Crippen LogP contribution in [0.2, 0.25) is 0 Å². The summed E-state index contributed by atoms with van der Waals surface area (Å²) in [7, 11) is 1.29. The van der Waals surface area contributed by atoms with E-state index in [2.05, 4.69) is 5.32 Å². The number of likely N-dealkylation sites (tertiary alicyclic amines) is 1. The number of carbonyl (C=O) groups is 2. The molecule has 194 valence electrons. The minimum atomic E-state index is -4.83. The predicted octanol–water partition coefficient (Wildman–Crippen LogP) is 6.00. The van der Waals surface area contributed by atoms with Gasteiger partial charge in [0.1, 0.15) is 5.82 Å². The fourth-order valence-corrected chi connectivity index (χ4v) is 4.67. The molecule has 0 saturated carbocycles. The number of likely N-dealkylation sites (N-methyl/N-ethyl adjacent to an activating group) is 1. The summed E-state index contributed by atoms with van der Waals surface area (Å²) in [5, 5.41) is 2.28. The molecule has 2 unspecified atom stereocenters. The zero-order valence-corrected chi connectivity index (χ0v) is 19.1. The summed E-state index contributed by atoms with van der Waals surface area (Å²) < 4.78 is 95.6. The van der Waals surface area contributed by atoms with Crippen molar-refractivity contribution in [2.45, 2.75) is 23.7 Å². The maximum atomic E-state index is 14.4. The van der Waals surface area contributed by atoms with E-state index in [0.717, 1.165) is 47.4 Å². The van der Waals surface area contributed by atoms with E-state index in [1.165, 1.54) is 31.3 Å². The Labute approximate surface area is 206 Å². The average molecular weight is 524 g/mol. The lowest BCUT2D eigenvalue weighted by Crippen LogP contribution is -2.50. The second kappa shape index (κ2) is 9.20. The number of halogens is 7. The van der Waals surface area contributed by atoms with Gasteiger partial charge < -0.3 is 10.2 Å². The molecule has 2 amide bonds. The minimum absolute atomic E-state index is 0.0892. The molecule has 3 aromatic rings. The van der Waals surface area contributed by atoms with E-state index in [-0.39, 0.29) is 23.4 Å². The summed E-state index contributed by atoms with van der Waals surface area (Å²) in [6.07, 6.45) is -9.59. The lowest BCUT2D eigenvalue weighted by atomic mass is 9.68. The van der Waals surface area contributed by atoms with Gasteiger partial charge in [0, 0.05) is 19.5 Å². The van der Waals surface area contributed by atoms with E-state index in [0.29, 0.717) is 6.07 Å². The zero-order chi connectivity index (χ0) is 27.2. The molecular weight excluding hydrogens is 505 g/mol. The van der Waals surface area contributed by atoms with Crippen LogP contribution in [-0.4, -0.2) is 30.3 Å². The molecule has 0 bridgehead atoms. The maximum Gasteiger partial charge on any atom is 0.416 e. The SMILES string of the molecule is CN1CC(c2cccc(C(F)(F)F)c2)C(C(=O)Nc2ccccc2F)(c2cccc(C(F)(F)F)c2)C1=O. The molecule has 4 nitrogen and oxygen atoms in total. The molecule has 1 aliphatic heterocycles. The first kappa shape index (κ1) is 26.2. The summed E-state index contributed by atoms with van der Waals surface area (Å²) in [4.78, 5) is 28.5. The quantitative estimate of drug-likeness (QED) is 0.337. The fraction of sp³-hybridized carbons (Fsp3) is 0.231. The molecule has 4 rings (SSSR count). The van der Waals surface area contributed by atoms with E-state index in [1.54, 1.807) is 0 Å². The number of rotatable bonds is 4. The minimum Gasteiger partial charge on any atom is -0.344 e. The van der Waals surface area contributed by atoms with E-state index in [9.17, 15) is 40.3 Å². The Balaban J connectivity index is 1.97. The second-order valence-electron chi connectivity index (χ2n) is 8.68. The molecule has 0 spiro atoms. The summed E-state index contributed by atoms with van der Waals surface area (Å²) in [6.45, 7) is -0.277. The smallest absolute Gasteiger partial charge is 0.344 e. The lowest BCUT2D eigenvalue weighted by Gasteiger charge is -2.33. The molecule has 3 aromatic carbocycles. The highest BCUT2D eigenvalue weighted by atomic mass is 19.4. The van der Waals surface area contributed by atoms with Crippen molar-refractivity contribution in [3.63, 3.8) is 0 Å². The van der Waals surface area contributed by atoms with Gasteiger partial charge in [-0.1, -0.05) is 48.5 Å². The topological polar surface area (TPSA) is 49.4 Å². The molecule has 0 radical (unpaired) electrons. The highest BCUT2D eigenvalue weighted by Crippen LogP contribution is 2.48. The van der Waals surface area contributed by atoms with Crippen molar-refractivity contribution in [3.05, 3.63) is 101 Å². The molecule has 2 atom stereocenters. The number of nitrogens with one attached hydrogen (secondary N) is 1. The Morgan fingerprint density at radius 1 is 0.892 bits per heavy atom. The number of para-hydroxylation sites is 1. The lowest BCUT2D eigenvalue weighted by molar-refractivity contribution is -0.140. The second-order valence-corrected chi connectivity index (χ2v) is 8.68. The van der Waals surface area contributed by atoms with E-state index in [4.69, 9.17) is 0 Å². The van der Waals surface area contributed by atoms with Crippen LogP contribution in [0.1, 0.15) is 28.2 Å². The molecule has 1 saturated heterocycles. The van der Waals surface area contributed by atoms with Gasteiger partial charge in [0.15, 0.2) is 5.41 Å². The van der Waals surface area contributed by atoms with Gasteiger partial charge in [0.2, 0.25) is 11.8 Å². The van der Waals surface area contributed by atoms with Gasteiger partial charge in [-0.2, -0.15) is 26.3 Å². The molecule has 1 fully saturated rings. The fourth-order valence-electron chi connectivity index (χ4n) is 4.67. The monoisotopic (exact) mass is 524 g/mol. The molecule has 1 aliphatic rings. The molecule has 37 heavy (non-hydrogen) atoms. The van der Waals surface area contributed by atoms with Crippen LogP contribution in [0.25, 0.3) is 0 Å². The average Bonchev–Trinajstić information content (AvgIpc) is 3.11. The normalized spacial score (nSPS) is 20.3. The van der Waals surface area contributed by atoms with Crippen molar-refractivity contribution in [1.82, 2.24) is 4.90 Å². The van der Waals surface area contributed by atoms with Gasteiger partial charge in [-0.15, -0.1) is 0 Å². The number of hydrogen-bond acceptors (Lipinski definition) is 2. The Bertz CT molecular complexity index is 1350. The standard InChI is InChI=1S/C26H19F7N2O2/c1-35-14-19(15-6-4-8-17(12-15)25(28,29)30)24(23(35)37,16-7-5-9-18(13-16)26(31,32)33)22(36)34-21-11-3-2-10-20(21)27/h2-13,19H,14H2,1H3,(H,34,36). The van der Waals surface area contributed by atoms with Gasteiger partial charge >= 0.3 is 12.4 Å². The van der Waals surface area contributed by atoms with E-state index < -0.39 is 52.4 Å². The number of alkyl halides is 6. The van der Waals surface area contributed by atoms with Crippen LogP contribution < -0.4 is 5.32 Å². The first-order chi connectivity index (χ1) is 17.3. The number of hydrogen-bond donors (Lipinski definition) is 1. The molecule has 0 aromatic heterocycles. The number of nitrogens with zero attached hydrogens (tertiary/aromatic N) is 1. The molecular formula is C26H19F7N2O2. The third-order valence-corrected chi connectivity index (χ3v) is 6.40. The van der Waals surface area contributed by atoms with Gasteiger partial charge in [-0.3, -0.25) is 9.59 Å². The Kier molecular flexibility index (Phi) is 6.51. The van der Waals surface area contributed by atoms with E-state index >= 15 is 0 Å². The first-order valence-electron chi connectivity index (χ1n) is 10.9. The third kappa shape index (κ3) is 4.65. The summed E-state index contributed by atoms with van der Waals surface area (Å²) in [5.41, 5.74) is -5.46. The van der Waals surface area contributed by atoms with Crippen molar-refractivity contribution in [2.24, 2.45) is 0 Å². The van der Waals surface area contributed by atoms with Gasteiger partial charge in [0.05, 0.1) is 16.8 Å². The van der Waals surface area contributed by atoms with Crippen LogP contribution in [-0.2, 0) is 27.4 Å². The zero-order valence-electron chi connectivity index (χ0n) is 19.1. The Morgan fingerprint density at radius 2 is 1.49 bits per heavy atom.